The van der Waals surface area contributed by atoms with E-state index in [1.54, 1.807) is 17.7 Å². The molecular formula is C7H6N2S. The van der Waals surface area contributed by atoms with Crippen LogP contribution in [0.2, 0.25) is 0 Å². The molecule has 0 aliphatic carbocycles. The monoisotopic (exact) mass is 150 g/mol. The maximum Gasteiger partial charge on any atom is 0.126 e. The Hall–Kier alpha value is -0.960. The molecule has 10 heavy (non-hydrogen) atoms. The minimum atomic E-state index is 1.08. The Kier molecular flexibility index (Phi) is 1.17. The number of aryl methyl sites for hydroxylation is 1. The quantitative estimate of drug-likeness (QED) is 0.574. The zero-order valence-corrected chi connectivity index (χ0v) is 6.35. The van der Waals surface area contributed by atoms with Crippen molar-refractivity contribution in [3.63, 3.8) is 0 Å². The average molecular weight is 150 g/mol. The van der Waals surface area contributed by atoms with E-state index in [0.717, 1.165) is 10.2 Å². The van der Waals surface area contributed by atoms with Crippen LogP contribution in [0, 0.1) is 6.92 Å². The van der Waals surface area contributed by atoms with Crippen molar-refractivity contribution in [2.45, 2.75) is 6.92 Å². The predicted molar refractivity (Wildman–Crippen MR) is 42.2 cm³/mol. The standard InChI is InChI=1S/C7H6N2S/c1-5-2-6-3-8-4-9-7(6)10-5/h2-4H,1H3. The van der Waals surface area contributed by atoms with Crippen LogP contribution in [0.4, 0.5) is 0 Å². The molecule has 0 aliphatic rings. The van der Waals surface area contributed by atoms with E-state index in [-0.39, 0.29) is 0 Å². The Morgan fingerprint density at radius 1 is 1.50 bits per heavy atom. The van der Waals surface area contributed by atoms with E-state index in [1.165, 1.54) is 4.88 Å². The van der Waals surface area contributed by atoms with Crippen LogP contribution in [0.5, 0.6) is 0 Å². The van der Waals surface area contributed by atoms with Crippen molar-refractivity contribution >= 4 is 21.6 Å². The first-order chi connectivity index (χ1) is 4.86. The van der Waals surface area contributed by atoms with Gasteiger partial charge in [0.05, 0.1) is 0 Å². The molecule has 2 heterocycles. The summed E-state index contributed by atoms with van der Waals surface area (Å²) in [6.07, 6.45) is 3.42. The number of thiophene rings is 1. The number of aromatic nitrogens is 2. The summed E-state index contributed by atoms with van der Waals surface area (Å²) < 4.78 is 0. The molecule has 2 aromatic rings. The fourth-order valence-corrected chi connectivity index (χ4v) is 1.73. The number of nitrogens with zero attached hydrogens (tertiary/aromatic N) is 2. The lowest BCUT2D eigenvalue weighted by Crippen LogP contribution is -1.71. The van der Waals surface area contributed by atoms with Crippen LogP contribution in [0.15, 0.2) is 18.6 Å². The third-order valence-electron chi connectivity index (χ3n) is 1.32. The van der Waals surface area contributed by atoms with E-state index in [1.807, 2.05) is 6.20 Å². The van der Waals surface area contributed by atoms with Crippen LogP contribution in [0.25, 0.3) is 10.2 Å². The SMILES string of the molecule is Cc1cc2cncnc2s1. The maximum atomic E-state index is 4.11. The van der Waals surface area contributed by atoms with Crippen molar-refractivity contribution in [3.8, 4) is 0 Å². The molecule has 0 unspecified atom stereocenters. The lowest BCUT2D eigenvalue weighted by atomic mass is 10.4. The van der Waals surface area contributed by atoms with Crippen molar-refractivity contribution in [1.82, 2.24) is 9.97 Å². The van der Waals surface area contributed by atoms with Crippen LogP contribution in [0.1, 0.15) is 4.88 Å². The molecule has 2 nitrogen and oxygen atoms in total. The minimum Gasteiger partial charge on any atom is -0.244 e. The highest BCUT2D eigenvalue weighted by atomic mass is 32.1. The summed E-state index contributed by atoms with van der Waals surface area (Å²) >= 11 is 1.70. The van der Waals surface area contributed by atoms with Gasteiger partial charge in [-0.1, -0.05) is 0 Å². The molecule has 0 fully saturated rings. The van der Waals surface area contributed by atoms with Crippen LogP contribution in [0.3, 0.4) is 0 Å². The zero-order chi connectivity index (χ0) is 6.97. The highest BCUT2D eigenvalue weighted by Crippen LogP contribution is 2.20. The molecule has 0 amide bonds. The molecule has 0 aliphatic heterocycles. The third-order valence-corrected chi connectivity index (χ3v) is 2.29. The summed E-state index contributed by atoms with van der Waals surface area (Å²) in [6, 6.07) is 2.10. The van der Waals surface area contributed by atoms with Gasteiger partial charge in [-0.25, -0.2) is 9.97 Å². The Morgan fingerprint density at radius 3 is 3.20 bits per heavy atom. The molecule has 0 radical (unpaired) electrons. The second-order valence-electron chi connectivity index (χ2n) is 2.14. The lowest BCUT2D eigenvalue weighted by molar-refractivity contribution is 1.23. The molecule has 50 valence electrons. The van der Waals surface area contributed by atoms with Crippen molar-refractivity contribution < 1.29 is 0 Å². The molecule has 2 rings (SSSR count). The molecule has 3 heteroatoms. The van der Waals surface area contributed by atoms with E-state index in [2.05, 4.69) is 23.0 Å². The van der Waals surface area contributed by atoms with Crippen molar-refractivity contribution in [1.29, 1.82) is 0 Å². The van der Waals surface area contributed by atoms with Crippen LogP contribution < -0.4 is 0 Å². The summed E-state index contributed by atoms with van der Waals surface area (Å²) in [5, 5.41) is 1.14. The number of fused-ring (bicyclic) bond motifs is 1. The van der Waals surface area contributed by atoms with Crippen molar-refractivity contribution in [2.75, 3.05) is 0 Å². The maximum absolute atomic E-state index is 4.11. The van der Waals surface area contributed by atoms with E-state index in [9.17, 15) is 0 Å². The van der Waals surface area contributed by atoms with E-state index < -0.39 is 0 Å². The fourth-order valence-electron chi connectivity index (χ4n) is 0.914. The number of hydrogen-bond acceptors (Lipinski definition) is 3. The van der Waals surface area contributed by atoms with Gasteiger partial charge in [-0.3, -0.25) is 0 Å². The first kappa shape index (κ1) is 5.80. The van der Waals surface area contributed by atoms with Gasteiger partial charge in [-0.05, 0) is 13.0 Å². The molecule has 0 aromatic carbocycles. The molecule has 0 saturated heterocycles. The van der Waals surface area contributed by atoms with Gasteiger partial charge in [-0.2, -0.15) is 0 Å². The molecule has 0 spiro atoms. The van der Waals surface area contributed by atoms with Gasteiger partial charge in [0.2, 0.25) is 0 Å². The number of rotatable bonds is 0. The van der Waals surface area contributed by atoms with E-state index in [0.29, 0.717) is 0 Å². The smallest absolute Gasteiger partial charge is 0.126 e. The first-order valence-corrected chi connectivity index (χ1v) is 3.84. The highest BCUT2D eigenvalue weighted by Gasteiger charge is 1.96. The summed E-state index contributed by atoms with van der Waals surface area (Å²) in [4.78, 5) is 10.4. The minimum absolute atomic E-state index is 1.08. The fraction of sp³-hybridized carbons (Fsp3) is 0.143. The normalized spacial score (nSPS) is 10.5. The Balaban J connectivity index is 2.88. The molecular weight excluding hydrogens is 144 g/mol. The molecule has 0 atom stereocenters. The second kappa shape index (κ2) is 2.02. The summed E-state index contributed by atoms with van der Waals surface area (Å²) in [5.41, 5.74) is 0. The average Bonchev–Trinajstić information content (AvgIpc) is 2.27. The third kappa shape index (κ3) is 0.789. The van der Waals surface area contributed by atoms with E-state index in [4.69, 9.17) is 0 Å². The van der Waals surface area contributed by atoms with Gasteiger partial charge in [0.15, 0.2) is 0 Å². The first-order valence-electron chi connectivity index (χ1n) is 3.02. The Bertz CT molecular complexity index is 320. The van der Waals surface area contributed by atoms with E-state index >= 15 is 0 Å². The Labute approximate surface area is 62.6 Å². The van der Waals surface area contributed by atoms with Crippen molar-refractivity contribution in [3.05, 3.63) is 23.5 Å². The lowest BCUT2D eigenvalue weighted by Gasteiger charge is -1.81. The van der Waals surface area contributed by atoms with Gasteiger partial charge in [0.1, 0.15) is 11.2 Å². The topological polar surface area (TPSA) is 25.8 Å². The number of hydrogen-bond donors (Lipinski definition) is 0. The highest BCUT2D eigenvalue weighted by molar-refractivity contribution is 7.18. The molecule has 0 N–H and O–H groups in total. The predicted octanol–water partition coefficient (Wildman–Crippen LogP) is 2.00. The summed E-state index contributed by atoms with van der Waals surface area (Å²) in [6.45, 7) is 2.08. The van der Waals surface area contributed by atoms with Gasteiger partial charge < -0.3 is 0 Å². The van der Waals surface area contributed by atoms with Crippen LogP contribution in [-0.4, -0.2) is 9.97 Å². The van der Waals surface area contributed by atoms with Crippen molar-refractivity contribution in [2.24, 2.45) is 0 Å². The van der Waals surface area contributed by atoms with Gasteiger partial charge in [0, 0.05) is 16.5 Å². The van der Waals surface area contributed by atoms with Gasteiger partial charge >= 0.3 is 0 Å². The van der Waals surface area contributed by atoms with Gasteiger partial charge in [0.25, 0.3) is 0 Å². The molecule has 0 bridgehead atoms. The second-order valence-corrected chi connectivity index (χ2v) is 3.38. The van der Waals surface area contributed by atoms with Gasteiger partial charge in [-0.15, -0.1) is 11.3 Å². The van der Waals surface area contributed by atoms with Crippen LogP contribution in [-0.2, 0) is 0 Å². The molecule has 2 aromatic heterocycles. The summed E-state index contributed by atoms with van der Waals surface area (Å²) in [5.74, 6) is 0. The largest absolute Gasteiger partial charge is 0.244 e. The Morgan fingerprint density at radius 2 is 2.40 bits per heavy atom. The summed E-state index contributed by atoms with van der Waals surface area (Å²) in [7, 11) is 0. The zero-order valence-electron chi connectivity index (χ0n) is 5.53. The molecule has 0 saturated carbocycles. The van der Waals surface area contributed by atoms with Crippen LogP contribution >= 0.6 is 11.3 Å².